The molecule has 0 aliphatic rings. The van der Waals surface area contributed by atoms with Gasteiger partial charge in [0, 0.05) is 11.1 Å². The van der Waals surface area contributed by atoms with Gasteiger partial charge in [-0.3, -0.25) is 0 Å². The number of unbranched alkanes of at least 4 members (excludes halogenated alkanes) is 12. The molecule has 0 aromatic carbocycles. The first-order valence-electron chi connectivity index (χ1n) is 13.7. The minimum atomic E-state index is -0.305. The summed E-state index contributed by atoms with van der Waals surface area (Å²) in [4.78, 5) is 25.9. The van der Waals surface area contributed by atoms with Crippen LogP contribution in [-0.2, 0) is 19.1 Å². The van der Waals surface area contributed by atoms with Gasteiger partial charge in [0.1, 0.15) is 0 Å². The first-order chi connectivity index (χ1) is 15.6. The molecule has 188 valence electrons. The van der Waals surface area contributed by atoms with Crippen LogP contribution in [0, 0.1) is 0 Å². The second kappa shape index (κ2) is 22.9. The van der Waals surface area contributed by atoms with Gasteiger partial charge in [0.2, 0.25) is 0 Å². The van der Waals surface area contributed by atoms with Crippen molar-refractivity contribution in [1.29, 1.82) is 0 Å². The van der Waals surface area contributed by atoms with Crippen molar-refractivity contribution in [3.63, 3.8) is 0 Å². The van der Waals surface area contributed by atoms with Gasteiger partial charge in [-0.2, -0.15) is 0 Å². The van der Waals surface area contributed by atoms with E-state index in [0.717, 1.165) is 51.4 Å². The minimum absolute atomic E-state index is 0.305. The van der Waals surface area contributed by atoms with E-state index in [1.165, 1.54) is 51.4 Å². The van der Waals surface area contributed by atoms with Crippen molar-refractivity contribution in [3.05, 3.63) is 11.1 Å². The summed E-state index contributed by atoms with van der Waals surface area (Å²) in [6.45, 7) is 9.43. The van der Waals surface area contributed by atoms with Gasteiger partial charge < -0.3 is 9.47 Å². The summed E-state index contributed by atoms with van der Waals surface area (Å²) < 4.78 is 11.1. The van der Waals surface area contributed by atoms with Crippen LogP contribution in [0.3, 0.4) is 0 Å². The van der Waals surface area contributed by atoms with E-state index in [9.17, 15) is 9.59 Å². The molecule has 0 saturated heterocycles. The lowest BCUT2D eigenvalue weighted by molar-refractivity contribution is -0.142. The van der Waals surface area contributed by atoms with Crippen molar-refractivity contribution in [2.75, 3.05) is 13.2 Å². The summed E-state index contributed by atoms with van der Waals surface area (Å²) in [5, 5.41) is 0. The van der Waals surface area contributed by atoms with Gasteiger partial charge in [-0.15, -0.1) is 0 Å². The van der Waals surface area contributed by atoms with Crippen LogP contribution >= 0.6 is 0 Å². The van der Waals surface area contributed by atoms with Gasteiger partial charge in [0.25, 0.3) is 0 Å². The maximum Gasteiger partial charge on any atom is 0.334 e. The van der Waals surface area contributed by atoms with E-state index in [0.29, 0.717) is 37.2 Å². The second-order valence-corrected chi connectivity index (χ2v) is 8.97. The Hall–Kier alpha value is -1.32. The predicted octanol–water partition coefficient (Wildman–Crippen LogP) is 8.47. The van der Waals surface area contributed by atoms with Crippen molar-refractivity contribution in [1.82, 2.24) is 0 Å². The van der Waals surface area contributed by atoms with Crippen molar-refractivity contribution >= 4 is 11.9 Å². The lowest BCUT2D eigenvalue weighted by Gasteiger charge is -2.15. The SMILES string of the molecule is CCCCCCCC/C(C(=O)OCCCC)=C(\CCCCCCCC)C(=O)OCCCC. The standard InChI is InChI=1S/C28H52O4/c1-5-9-13-15-17-19-21-25(27(29)31-23-11-7-3)26(28(30)32-24-12-8-4)22-20-18-16-14-10-6-2/h5-24H2,1-4H3/b26-25-. The zero-order valence-electron chi connectivity index (χ0n) is 21.8. The molecule has 0 N–H and O–H groups in total. The molecule has 0 aromatic rings. The molecule has 0 bridgehead atoms. The average Bonchev–Trinajstić information content (AvgIpc) is 2.79. The smallest absolute Gasteiger partial charge is 0.334 e. The number of rotatable bonds is 22. The average molecular weight is 453 g/mol. The van der Waals surface area contributed by atoms with E-state index in [1.807, 2.05) is 0 Å². The zero-order valence-corrected chi connectivity index (χ0v) is 21.8. The van der Waals surface area contributed by atoms with Crippen LogP contribution in [0.1, 0.15) is 143 Å². The summed E-state index contributed by atoms with van der Waals surface area (Å²) >= 11 is 0. The van der Waals surface area contributed by atoms with Crippen LogP contribution in [0.25, 0.3) is 0 Å². The van der Waals surface area contributed by atoms with Crippen LogP contribution in [0.15, 0.2) is 11.1 Å². The van der Waals surface area contributed by atoms with Crippen molar-refractivity contribution in [2.45, 2.75) is 143 Å². The Morgan fingerprint density at radius 2 is 0.750 bits per heavy atom. The monoisotopic (exact) mass is 452 g/mol. The van der Waals surface area contributed by atoms with E-state index in [2.05, 4.69) is 27.7 Å². The van der Waals surface area contributed by atoms with Crippen molar-refractivity contribution in [2.24, 2.45) is 0 Å². The molecular weight excluding hydrogens is 400 g/mol. The fourth-order valence-corrected chi connectivity index (χ4v) is 3.71. The van der Waals surface area contributed by atoms with Crippen LogP contribution in [0.4, 0.5) is 0 Å². The third-order valence-corrected chi connectivity index (χ3v) is 5.88. The molecule has 0 radical (unpaired) electrons. The molecule has 0 spiro atoms. The first kappa shape index (κ1) is 30.7. The van der Waals surface area contributed by atoms with Crippen LogP contribution in [-0.4, -0.2) is 25.2 Å². The Kier molecular flexibility index (Phi) is 21.9. The van der Waals surface area contributed by atoms with E-state index >= 15 is 0 Å². The predicted molar refractivity (Wildman–Crippen MR) is 135 cm³/mol. The van der Waals surface area contributed by atoms with Gasteiger partial charge in [-0.25, -0.2) is 9.59 Å². The third kappa shape index (κ3) is 16.3. The highest BCUT2D eigenvalue weighted by Gasteiger charge is 2.23. The van der Waals surface area contributed by atoms with Crippen molar-refractivity contribution in [3.8, 4) is 0 Å². The molecule has 0 rings (SSSR count). The van der Waals surface area contributed by atoms with E-state index in [4.69, 9.17) is 9.47 Å². The maximum atomic E-state index is 12.9. The third-order valence-electron chi connectivity index (χ3n) is 5.88. The van der Waals surface area contributed by atoms with E-state index in [1.54, 1.807) is 0 Å². The summed E-state index contributed by atoms with van der Waals surface area (Å²) in [6.07, 6.45) is 18.7. The number of hydrogen-bond acceptors (Lipinski definition) is 4. The van der Waals surface area contributed by atoms with Crippen molar-refractivity contribution < 1.29 is 19.1 Å². The second-order valence-electron chi connectivity index (χ2n) is 8.97. The zero-order chi connectivity index (χ0) is 23.9. The molecule has 0 unspecified atom stereocenters. The van der Waals surface area contributed by atoms with Gasteiger partial charge in [-0.05, 0) is 38.5 Å². The number of carbonyl (C=O) groups is 2. The largest absolute Gasteiger partial charge is 0.462 e. The molecule has 0 amide bonds. The minimum Gasteiger partial charge on any atom is -0.462 e. The molecular formula is C28H52O4. The maximum absolute atomic E-state index is 12.9. The fourth-order valence-electron chi connectivity index (χ4n) is 3.71. The summed E-state index contributed by atoms with van der Waals surface area (Å²) in [7, 11) is 0. The molecule has 0 aromatic heterocycles. The molecule has 0 fully saturated rings. The molecule has 0 aliphatic carbocycles. The van der Waals surface area contributed by atoms with Crippen LogP contribution < -0.4 is 0 Å². The van der Waals surface area contributed by atoms with E-state index in [-0.39, 0.29) is 11.9 Å². The fraction of sp³-hybridized carbons (Fsp3) is 0.857. The van der Waals surface area contributed by atoms with Gasteiger partial charge >= 0.3 is 11.9 Å². The molecule has 0 heterocycles. The Morgan fingerprint density at radius 1 is 0.438 bits per heavy atom. The lowest BCUT2D eigenvalue weighted by Crippen LogP contribution is -2.18. The van der Waals surface area contributed by atoms with E-state index < -0.39 is 0 Å². The highest BCUT2D eigenvalue weighted by molar-refractivity contribution is 6.00. The topological polar surface area (TPSA) is 52.6 Å². The summed E-state index contributed by atoms with van der Waals surface area (Å²) in [5.74, 6) is -0.610. The summed E-state index contributed by atoms with van der Waals surface area (Å²) in [5.41, 5.74) is 1.15. The highest BCUT2D eigenvalue weighted by Crippen LogP contribution is 2.23. The quantitative estimate of drug-likeness (QED) is 0.0938. The highest BCUT2D eigenvalue weighted by atomic mass is 16.5. The Morgan fingerprint density at radius 3 is 1.09 bits per heavy atom. The number of esters is 2. The molecule has 4 nitrogen and oxygen atoms in total. The normalized spacial score (nSPS) is 11.9. The molecule has 4 heteroatoms. The molecule has 32 heavy (non-hydrogen) atoms. The molecule has 0 atom stereocenters. The Labute approximate surface area is 198 Å². The first-order valence-corrected chi connectivity index (χ1v) is 13.7. The Balaban J connectivity index is 5.27. The number of ether oxygens (including phenoxy) is 2. The molecule has 0 saturated carbocycles. The Bertz CT molecular complexity index is 452. The summed E-state index contributed by atoms with van der Waals surface area (Å²) in [6, 6.07) is 0. The van der Waals surface area contributed by atoms with Gasteiger partial charge in [-0.1, -0.05) is 105 Å². The van der Waals surface area contributed by atoms with Crippen LogP contribution in [0.5, 0.6) is 0 Å². The number of hydrogen-bond donors (Lipinski definition) is 0. The number of carbonyl (C=O) groups excluding carboxylic acids is 2. The van der Waals surface area contributed by atoms with Gasteiger partial charge in [0.15, 0.2) is 0 Å². The molecule has 0 aliphatic heterocycles. The van der Waals surface area contributed by atoms with Crippen LogP contribution in [0.2, 0.25) is 0 Å². The van der Waals surface area contributed by atoms with Gasteiger partial charge in [0.05, 0.1) is 13.2 Å². The lowest BCUT2D eigenvalue weighted by atomic mass is 9.96.